The molecule has 0 saturated carbocycles. The van der Waals surface area contributed by atoms with Crippen molar-refractivity contribution >= 4 is 12.0 Å². The number of carbonyl (C=O) groups excluding carboxylic acids is 1. The zero-order chi connectivity index (χ0) is 15.1. The highest BCUT2D eigenvalue weighted by molar-refractivity contribution is 5.89. The van der Waals surface area contributed by atoms with E-state index in [1.807, 2.05) is 24.3 Å². The molecule has 2 unspecified atom stereocenters. The molecule has 21 heavy (non-hydrogen) atoms. The topological polar surface area (TPSA) is 80.4 Å². The summed E-state index contributed by atoms with van der Waals surface area (Å²) in [4.78, 5) is 22.1. The molecule has 2 aromatic rings. The van der Waals surface area contributed by atoms with E-state index in [0.717, 1.165) is 23.0 Å². The van der Waals surface area contributed by atoms with E-state index < -0.39 is 16.9 Å². The summed E-state index contributed by atoms with van der Waals surface area (Å²) in [6.07, 6.45) is -0.144. The first-order valence-corrected chi connectivity index (χ1v) is 6.59. The average Bonchev–Trinajstić information content (AvgIpc) is 2.78. The summed E-state index contributed by atoms with van der Waals surface area (Å²) >= 11 is 0. The Hall–Kier alpha value is -2.53. The third-order valence-electron chi connectivity index (χ3n) is 3.90. The Morgan fingerprint density at radius 1 is 1.24 bits per heavy atom. The number of aliphatic hydroxyl groups excluding tert-OH is 1. The first-order chi connectivity index (χ1) is 10.0. The Morgan fingerprint density at radius 3 is 2.57 bits per heavy atom. The van der Waals surface area contributed by atoms with E-state index in [-0.39, 0.29) is 11.3 Å². The highest BCUT2D eigenvalue weighted by atomic mass is 16.6. The molecule has 0 saturated heterocycles. The van der Waals surface area contributed by atoms with Gasteiger partial charge in [0, 0.05) is 6.07 Å². The number of aldehydes is 1. The molecule has 1 N–H and O–H groups in total. The number of hydrogen-bond acceptors (Lipinski definition) is 4. The zero-order valence-electron chi connectivity index (χ0n) is 11.3. The van der Waals surface area contributed by atoms with Crippen molar-refractivity contribution in [2.24, 2.45) is 0 Å². The average molecular weight is 283 g/mol. The summed E-state index contributed by atoms with van der Waals surface area (Å²) in [6.45, 7) is 1.49. The fourth-order valence-corrected chi connectivity index (χ4v) is 2.93. The molecule has 0 bridgehead atoms. The number of fused-ring (bicyclic) bond motifs is 3. The van der Waals surface area contributed by atoms with Crippen LogP contribution in [0.1, 0.15) is 35.6 Å². The maximum atomic E-state index is 11.4. The van der Waals surface area contributed by atoms with Gasteiger partial charge in [0.15, 0.2) is 0 Å². The van der Waals surface area contributed by atoms with Crippen molar-refractivity contribution in [3.05, 3.63) is 63.2 Å². The van der Waals surface area contributed by atoms with E-state index in [9.17, 15) is 20.0 Å². The van der Waals surface area contributed by atoms with Crippen molar-refractivity contribution in [1.82, 2.24) is 0 Å². The number of aliphatic hydroxyl groups is 1. The summed E-state index contributed by atoms with van der Waals surface area (Å²) in [5, 5.41) is 21.0. The van der Waals surface area contributed by atoms with Gasteiger partial charge in [-0.1, -0.05) is 24.3 Å². The van der Waals surface area contributed by atoms with Gasteiger partial charge in [-0.3, -0.25) is 10.1 Å². The van der Waals surface area contributed by atoms with Crippen LogP contribution >= 0.6 is 0 Å². The fraction of sp³-hybridized carbons (Fsp3) is 0.188. The van der Waals surface area contributed by atoms with Gasteiger partial charge in [0.25, 0.3) is 5.69 Å². The molecule has 2 atom stereocenters. The lowest BCUT2D eigenvalue weighted by atomic mass is 9.95. The van der Waals surface area contributed by atoms with Crippen LogP contribution < -0.4 is 0 Å². The molecule has 1 aliphatic carbocycles. The first-order valence-electron chi connectivity index (χ1n) is 6.59. The molecule has 0 aromatic heterocycles. The minimum Gasteiger partial charge on any atom is -0.388 e. The second-order valence-electron chi connectivity index (χ2n) is 5.13. The lowest BCUT2D eigenvalue weighted by Crippen LogP contribution is -2.03. The van der Waals surface area contributed by atoms with E-state index in [1.54, 1.807) is 6.07 Å². The number of hydrogen-bond donors (Lipinski definition) is 1. The third-order valence-corrected chi connectivity index (χ3v) is 3.90. The molecular formula is C16H13NO4. The van der Waals surface area contributed by atoms with Crippen molar-refractivity contribution < 1.29 is 14.8 Å². The maximum Gasteiger partial charge on any atom is 0.275 e. The second kappa shape index (κ2) is 4.79. The number of nitro benzene ring substituents is 1. The third kappa shape index (κ3) is 1.94. The van der Waals surface area contributed by atoms with Crippen LogP contribution in [0, 0.1) is 10.1 Å². The van der Waals surface area contributed by atoms with E-state index >= 15 is 0 Å². The van der Waals surface area contributed by atoms with Gasteiger partial charge in [0.1, 0.15) is 6.29 Å². The van der Waals surface area contributed by atoms with Crippen molar-refractivity contribution in [3.63, 3.8) is 0 Å². The van der Waals surface area contributed by atoms with Crippen molar-refractivity contribution in [3.8, 4) is 11.1 Å². The molecule has 106 valence electrons. The predicted octanol–water partition coefficient (Wildman–Crippen LogP) is 2.96. The first kappa shape index (κ1) is 13.5. The van der Waals surface area contributed by atoms with Crippen LogP contribution in [0.25, 0.3) is 11.1 Å². The molecule has 0 amide bonds. The number of carbonyl (C=O) groups is 1. The van der Waals surface area contributed by atoms with Gasteiger partial charge in [-0.05, 0) is 35.2 Å². The molecule has 0 heterocycles. The van der Waals surface area contributed by atoms with Crippen molar-refractivity contribution in [1.29, 1.82) is 0 Å². The largest absolute Gasteiger partial charge is 0.388 e. The van der Waals surface area contributed by atoms with Crippen LogP contribution in [0.4, 0.5) is 5.69 Å². The minimum absolute atomic E-state index is 0.150. The molecule has 1 aliphatic rings. The summed E-state index contributed by atoms with van der Waals surface area (Å²) in [5.74, 6) is -0.488. The van der Waals surface area contributed by atoms with Gasteiger partial charge in [-0.25, -0.2) is 0 Å². The molecular weight excluding hydrogens is 270 g/mol. The van der Waals surface area contributed by atoms with E-state index in [2.05, 4.69) is 0 Å². The number of nitrogens with zero attached hydrogens (tertiary/aromatic N) is 1. The van der Waals surface area contributed by atoms with Crippen LogP contribution in [-0.4, -0.2) is 16.3 Å². The van der Waals surface area contributed by atoms with Gasteiger partial charge in [-0.2, -0.15) is 0 Å². The van der Waals surface area contributed by atoms with E-state index in [4.69, 9.17) is 0 Å². The Bertz CT molecular complexity index is 752. The molecule has 2 aromatic carbocycles. The molecule has 0 aliphatic heterocycles. The van der Waals surface area contributed by atoms with Crippen LogP contribution in [0.3, 0.4) is 0 Å². The summed E-state index contributed by atoms with van der Waals surface area (Å²) < 4.78 is 0. The molecule has 0 fully saturated rings. The van der Waals surface area contributed by atoms with Gasteiger partial charge in [0.2, 0.25) is 0 Å². The van der Waals surface area contributed by atoms with Gasteiger partial charge in [-0.15, -0.1) is 0 Å². The van der Waals surface area contributed by atoms with Crippen LogP contribution in [0.5, 0.6) is 0 Å². The molecule has 5 heteroatoms. The smallest absolute Gasteiger partial charge is 0.275 e. The van der Waals surface area contributed by atoms with E-state index in [1.165, 1.54) is 13.0 Å². The maximum absolute atomic E-state index is 11.4. The molecule has 3 rings (SSSR count). The highest BCUT2D eigenvalue weighted by Gasteiger charge is 2.32. The van der Waals surface area contributed by atoms with Crippen molar-refractivity contribution in [2.45, 2.75) is 18.9 Å². The molecule has 0 radical (unpaired) electrons. The standard InChI is InChI=1S/C16H13NO4/c1-9(19)12-6-13-10-4-2-3-5-11(10)15(8-18)14(13)7-16(12)17(20)21/h2-9,15,19H,1H3. The Kier molecular flexibility index (Phi) is 3.07. The lowest BCUT2D eigenvalue weighted by molar-refractivity contribution is -0.386. The Balaban J connectivity index is 2.32. The van der Waals surface area contributed by atoms with Gasteiger partial charge < -0.3 is 9.90 Å². The quantitative estimate of drug-likeness (QED) is 0.533. The SMILES string of the molecule is CC(O)c1cc2c(cc1[N+](=O)[O-])C(C=O)c1ccccc1-2. The summed E-state index contributed by atoms with van der Waals surface area (Å²) in [6, 6.07) is 10.5. The Morgan fingerprint density at radius 2 is 1.95 bits per heavy atom. The van der Waals surface area contributed by atoms with Gasteiger partial charge >= 0.3 is 0 Å². The number of benzene rings is 2. The normalized spacial score (nSPS) is 17.0. The fourth-order valence-electron chi connectivity index (χ4n) is 2.93. The monoisotopic (exact) mass is 283 g/mol. The summed E-state index contributed by atoms with van der Waals surface area (Å²) in [7, 11) is 0. The minimum atomic E-state index is -0.946. The summed E-state index contributed by atoms with van der Waals surface area (Å²) in [5.41, 5.74) is 3.26. The number of rotatable bonds is 3. The molecule has 0 spiro atoms. The van der Waals surface area contributed by atoms with E-state index in [0.29, 0.717) is 5.56 Å². The highest BCUT2D eigenvalue weighted by Crippen LogP contribution is 2.46. The van der Waals surface area contributed by atoms with Crippen LogP contribution in [0.2, 0.25) is 0 Å². The lowest BCUT2D eigenvalue weighted by Gasteiger charge is -2.10. The van der Waals surface area contributed by atoms with Gasteiger partial charge in [0.05, 0.1) is 22.5 Å². The number of nitro groups is 1. The molecule has 5 nitrogen and oxygen atoms in total. The van der Waals surface area contributed by atoms with Crippen molar-refractivity contribution in [2.75, 3.05) is 0 Å². The Labute approximate surface area is 121 Å². The second-order valence-corrected chi connectivity index (χ2v) is 5.13. The zero-order valence-corrected chi connectivity index (χ0v) is 11.3. The van der Waals surface area contributed by atoms with Crippen LogP contribution in [-0.2, 0) is 4.79 Å². The van der Waals surface area contributed by atoms with Crippen LogP contribution in [0.15, 0.2) is 36.4 Å². The predicted molar refractivity (Wildman–Crippen MR) is 77.1 cm³/mol.